The number of H-pyrrole nitrogens is 1. The first-order chi connectivity index (χ1) is 16.2. The molecule has 0 amide bonds. The summed E-state index contributed by atoms with van der Waals surface area (Å²) in [4.78, 5) is 18.8. The highest BCUT2D eigenvalue weighted by Gasteiger charge is 2.33. The van der Waals surface area contributed by atoms with Crippen molar-refractivity contribution < 1.29 is 4.21 Å². The van der Waals surface area contributed by atoms with Gasteiger partial charge in [-0.15, -0.1) is 0 Å². The number of aryl methyl sites for hydroxylation is 1. The first-order valence-electron chi connectivity index (χ1n) is 11.0. The molecule has 0 saturated carbocycles. The van der Waals surface area contributed by atoms with E-state index in [9.17, 15) is 9.47 Å². The van der Waals surface area contributed by atoms with Crippen molar-refractivity contribution in [3.8, 4) is 17.3 Å². The predicted octanol–water partition coefficient (Wildman–Crippen LogP) is 2.86. The summed E-state index contributed by atoms with van der Waals surface area (Å²) < 4.78 is 14.1. The Labute approximate surface area is 193 Å². The molecule has 1 N–H and O–H groups in total. The van der Waals surface area contributed by atoms with Crippen molar-refractivity contribution in [3.63, 3.8) is 0 Å². The molecule has 0 aliphatic carbocycles. The molecule has 1 fully saturated rings. The molecule has 33 heavy (non-hydrogen) atoms. The lowest BCUT2D eigenvalue weighted by Gasteiger charge is -2.23. The molecule has 4 aromatic heterocycles. The second-order valence-electron chi connectivity index (χ2n) is 8.53. The number of nitriles is 1. The van der Waals surface area contributed by atoms with E-state index in [4.69, 9.17) is 4.98 Å². The zero-order valence-electron chi connectivity index (χ0n) is 17.9. The van der Waals surface area contributed by atoms with Gasteiger partial charge >= 0.3 is 0 Å². The van der Waals surface area contributed by atoms with Gasteiger partial charge in [-0.05, 0) is 30.5 Å². The lowest BCUT2D eigenvalue weighted by molar-refractivity contribution is 0.332. The van der Waals surface area contributed by atoms with Crippen LogP contribution in [0.25, 0.3) is 22.3 Å². The Bertz CT molecular complexity index is 1400. The van der Waals surface area contributed by atoms with Crippen LogP contribution in [0.2, 0.25) is 0 Å². The quantitative estimate of drug-likeness (QED) is 0.489. The van der Waals surface area contributed by atoms with Crippen molar-refractivity contribution >= 4 is 27.7 Å². The maximum absolute atomic E-state index is 12.2. The van der Waals surface area contributed by atoms with Crippen LogP contribution in [0.1, 0.15) is 24.4 Å². The van der Waals surface area contributed by atoms with E-state index in [1.807, 2.05) is 35.4 Å². The number of hydrogen-bond donors (Lipinski definition) is 1. The lowest BCUT2D eigenvalue weighted by atomic mass is 9.96. The zero-order chi connectivity index (χ0) is 22.4. The predicted molar refractivity (Wildman–Crippen MR) is 124 cm³/mol. The number of fused-ring (bicyclic) bond motifs is 2. The highest BCUT2D eigenvalue weighted by molar-refractivity contribution is 7.85. The molecule has 0 aromatic carbocycles. The lowest BCUT2D eigenvalue weighted by Crippen LogP contribution is -2.25. The molecule has 6 heterocycles. The molecule has 3 atom stereocenters. The molecule has 1 saturated heterocycles. The Morgan fingerprint density at radius 1 is 1.30 bits per heavy atom. The second-order valence-corrected chi connectivity index (χ2v) is 10.0. The smallest absolute Gasteiger partial charge is 0.141 e. The fourth-order valence-corrected chi connectivity index (χ4v) is 6.20. The van der Waals surface area contributed by atoms with Gasteiger partial charge in [0.05, 0.1) is 41.2 Å². The van der Waals surface area contributed by atoms with Gasteiger partial charge in [-0.3, -0.25) is 8.89 Å². The minimum atomic E-state index is -0.989. The van der Waals surface area contributed by atoms with Gasteiger partial charge in [-0.1, -0.05) is 6.07 Å². The van der Waals surface area contributed by atoms with Crippen molar-refractivity contribution in [2.75, 3.05) is 23.7 Å². The van der Waals surface area contributed by atoms with Crippen molar-refractivity contribution in [2.24, 2.45) is 5.92 Å². The molecule has 2 aliphatic rings. The van der Waals surface area contributed by atoms with Crippen LogP contribution in [0.5, 0.6) is 0 Å². The molecule has 166 valence electrons. The molecular weight excluding hydrogens is 436 g/mol. The fraction of sp³-hybridized carbons (Fsp3) is 0.348. The van der Waals surface area contributed by atoms with Crippen LogP contribution in [0.15, 0.2) is 48.1 Å². The summed E-state index contributed by atoms with van der Waals surface area (Å²) in [6.07, 6.45) is 9.35. The van der Waals surface area contributed by atoms with Gasteiger partial charge in [-0.2, -0.15) is 10.4 Å². The van der Waals surface area contributed by atoms with E-state index >= 15 is 0 Å². The third-order valence-corrected chi connectivity index (χ3v) is 8.02. The Hall–Kier alpha value is -3.58. The Morgan fingerprint density at radius 2 is 2.24 bits per heavy atom. The van der Waals surface area contributed by atoms with Crippen molar-refractivity contribution in [3.05, 3.63) is 48.7 Å². The van der Waals surface area contributed by atoms with Crippen LogP contribution in [0.4, 0.5) is 5.82 Å². The summed E-state index contributed by atoms with van der Waals surface area (Å²) in [6, 6.07) is 8.36. The van der Waals surface area contributed by atoms with E-state index in [-0.39, 0.29) is 12.0 Å². The topological polar surface area (TPSA) is 116 Å². The number of nitrogens with zero attached hydrogens (tertiary/aromatic N) is 7. The standard InChI is InChI=1S/C23H22N8OS/c24-7-3-19(31-13-17(11-28-31)21-18-4-8-25-22(18)27-14-26-21)16-5-9-30(12-16)20-2-1-15-6-10-33(32)23(15)29-20/h1-2,4,8,11,13-14,16,19H,3,5-6,9-10,12H2,(H,25,26,27). The highest BCUT2D eigenvalue weighted by atomic mass is 32.2. The van der Waals surface area contributed by atoms with Crippen LogP contribution in [0, 0.1) is 17.2 Å². The molecular formula is C23H22N8OS. The molecule has 10 heteroatoms. The number of anilines is 1. The number of aromatic amines is 1. The maximum Gasteiger partial charge on any atom is 0.141 e. The van der Waals surface area contributed by atoms with Crippen LogP contribution >= 0.6 is 0 Å². The number of aromatic nitrogens is 6. The molecule has 9 nitrogen and oxygen atoms in total. The summed E-state index contributed by atoms with van der Waals surface area (Å²) >= 11 is 0. The molecule has 4 aromatic rings. The number of rotatable bonds is 5. The van der Waals surface area contributed by atoms with Gasteiger partial charge in [0.25, 0.3) is 0 Å². The third kappa shape index (κ3) is 3.49. The molecule has 0 radical (unpaired) electrons. The van der Waals surface area contributed by atoms with E-state index in [1.165, 1.54) is 0 Å². The number of hydrogen-bond acceptors (Lipinski definition) is 7. The molecule has 6 rings (SSSR count). The average molecular weight is 459 g/mol. The minimum absolute atomic E-state index is 0.0409. The van der Waals surface area contributed by atoms with E-state index < -0.39 is 10.8 Å². The normalized spacial score (nSPS) is 20.8. The van der Waals surface area contributed by atoms with Crippen molar-refractivity contribution in [2.45, 2.75) is 30.3 Å². The number of nitrogens with one attached hydrogen (secondary N) is 1. The van der Waals surface area contributed by atoms with E-state index in [0.717, 1.165) is 64.6 Å². The molecule has 2 aliphatic heterocycles. The molecule has 0 spiro atoms. The highest BCUT2D eigenvalue weighted by Crippen LogP contribution is 2.34. The van der Waals surface area contributed by atoms with Crippen LogP contribution in [0.3, 0.4) is 0 Å². The van der Waals surface area contributed by atoms with Crippen LogP contribution < -0.4 is 4.90 Å². The zero-order valence-corrected chi connectivity index (χ0v) is 18.7. The van der Waals surface area contributed by atoms with E-state index in [1.54, 1.807) is 6.33 Å². The fourth-order valence-electron chi connectivity index (χ4n) is 4.95. The van der Waals surface area contributed by atoms with Gasteiger partial charge in [0.2, 0.25) is 0 Å². The second kappa shape index (κ2) is 8.08. The summed E-state index contributed by atoms with van der Waals surface area (Å²) in [5, 5.41) is 15.8. The van der Waals surface area contributed by atoms with Gasteiger partial charge < -0.3 is 9.88 Å². The molecule has 0 bridgehead atoms. The van der Waals surface area contributed by atoms with E-state index in [2.05, 4.69) is 37.1 Å². The van der Waals surface area contributed by atoms with Crippen molar-refractivity contribution in [1.29, 1.82) is 5.26 Å². The summed E-state index contributed by atoms with van der Waals surface area (Å²) in [6.45, 7) is 1.64. The van der Waals surface area contributed by atoms with Gasteiger partial charge in [-0.25, -0.2) is 15.0 Å². The molecule has 3 unspecified atom stereocenters. The van der Waals surface area contributed by atoms with Gasteiger partial charge in [0.1, 0.15) is 22.8 Å². The average Bonchev–Trinajstić information content (AvgIpc) is 3.64. The summed E-state index contributed by atoms with van der Waals surface area (Å²) in [5.41, 5.74) is 3.62. The third-order valence-electron chi connectivity index (χ3n) is 6.66. The Morgan fingerprint density at radius 3 is 3.15 bits per heavy atom. The first kappa shape index (κ1) is 20.1. The SMILES string of the molecule is N#CCC(C1CCN(c2ccc3c(n2)S(=O)CC3)C1)n1cc(-c2ncnc3[nH]ccc23)cn1. The largest absolute Gasteiger partial charge is 0.356 e. The summed E-state index contributed by atoms with van der Waals surface area (Å²) in [5.74, 6) is 1.80. The van der Waals surface area contributed by atoms with Gasteiger partial charge in [0.15, 0.2) is 0 Å². The first-order valence-corrected chi connectivity index (χ1v) is 12.4. The minimum Gasteiger partial charge on any atom is -0.356 e. The number of pyridine rings is 1. The Kier molecular flexibility index (Phi) is 4.91. The van der Waals surface area contributed by atoms with E-state index in [0.29, 0.717) is 12.2 Å². The summed E-state index contributed by atoms with van der Waals surface area (Å²) in [7, 11) is -0.989. The van der Waals surface area contributed by atoms with Gasteiger partial charge in [0, 0.05) is 48.1 Å². The van der Waals surface area contributed by atoms with Crippen LogP contribution in [-0.4, -0.2) is 52.8 Å². The maximum atomic E-state index is 12.2. The van der Waals surface area contributed by atoms with Crippen LogP contribution in [-0.2, 0) is 17.2 Å². The monoisotopic (exact) mass is 458 g/mol. The van der Waals surface area contributed by atoms with Crippen molar-refractivity contribution in [1.82, 2.24) is 29.7 Å². The Balaban J connectivity index is 1.25.